The summed E-state index contributed by atoms with van der Waals surface area (Å²) in [4.78, 5) is 21.0. The molecule has 2 heterocycles. The van der Waals surface area contributed by atoms with Crippen LogP contribution in [0, 0.1) is 11.8 Å². The molecule has 1 aromatic carbocycles. The van der Waals surface area contributed by atoms with E-state index in [0.717, 1.165) is 56.4 Å². The number of amides is 1. The molecule has 2 fully saturated rings. The van der Waals surface area contributed by atoms with E-state index in [9.17, 15) is 4.79 Å². The summed E-state index contributed by atoms with van der Waals surface area (Å²) >= 11 is 6.01. The Labute approximate surface area is 152 Å². The molecule has 0 bridgehead atoms. The third-order valence-electron chi connectivity index (χ3n) is 5.59. The van der Waals surface area contributed by atoms with Crippen molar-refractivity contribution >= 4 is 34.6 Å². The molecule has 2 aliphatic rings. The molecule has 2 aromatic rings. The zero-order chi connectivity index (χ0) is 17.4. The normalized spacial score (nSPS) is 19.2. The van der Waals surface area contributed by atoms with Crippen molar-refractivity contribution in [3.63, 3.8) is 0 Å². The first-order valence-corrected chi connectivity index (χ1v) is 9.54. The number of hydrogen-bond acceptors (Lipinski definition) is 4. The van der Waals surface area contributed by atoms with E-state index in [2.05, 4.69) is 9.88 Å². The largest absolute Gasteiger partial charge is 0.423 e. The maximum absolute atomic E-state index is 12.3. The lowest BCUT2D eigenvalue weighted by Gasteiger charge is -2.35. The molecule has 4 rings (SSSR count). The Morgan fingerprint density at radius 1 is 1.32 bits per heavy atom. The van der Waals surface area contributed by atoms with Crippen molar-refractivity contribution in [1.82, 2.24) is 9.88 Å². The first-order valence-electron chi connectivity index (χ1n) is 9.16. The first kappa shape index (κ1) is 16.7. The zero-order valence-corrected chi connectivity index (χ0v) is 15.3. The van der Waals surface area contributed by atoms with E-state index in [4.69, 9.17) is 16.0 Å². The lowest BCUT2D eigenvalue weighted by atomic mass is 9.84. The summed E-state index contributed by atoms with van der Waals surface area (Å²) < 4.78 is 5.86. The minimum atomic E-state index is 0.289. The van der Waals surface area contributed by atoms with Gasteiger partial charge in [0.2, 0.25) is 5.91 Å². The second kappa shape index (κ2) is 6.87. The highest BCUT2D eigenvalue weighted by Crippen LogP contribution is 2.30. The SMILES string of the molecule is CN(CC1CCN(c2nc3ccc(Cl)cc3o2)CC1)C(=O)C1CCC1. The molecule has 0 radical (unpaired) electrons. The second-order valence-electron chi connectivity index (χ2n) is 7.39. The highest BCUT2D eigenvalue weighted by atomic mass is 35.5. The highest BCUT2D eigenvalue weighted by Gasteiger charge is 2.30. The van der Waals surface area contributed by atoms with Crippen molar-refractivity contribution in [1.29, 1.82) is 0 Å². The number of fused-ring (bicyclic) bond motifs is 1. The van der Waals surface area contributed by atoms with E-state index in [1.54, 1.807) is 6.07 Å². The molecule has 134 valence electrons. The predicted octanol–water partition coefficient (Wildman–Crippen LogP) is 3.96. The first-order chi connectivity index (χ1) is 12.1. The van der Waals surface area contributed by atoms with Gasteiger partial charge in [-0.3, -0.25) is 4.79 Å². The van der Waals surface area contributed by atoms with Gasteiger partial charge < -0.3 is 14.2 Å². The Hall–Kier alpha value is -1.75. The summed E-state index contributed by atoms with van der Waals surface area (Å²) in [5.74, 6) is 1.19. The highest BCUT2D eigenvalue weighted by molar-refractivity contribution is 6.31. The van der Waals surface area contributed by atoms with Gasteiger partial charge in [-0.05, 0) is 43.7 Å². The van der Waals surface area contributed by atoms with E-state index in [-0.39, 0.29) is 5.92 Å². The molecule has 5 nitrogen and oxygen atoms in total. The minimum Gasteiger partial charge on any atom is -0.423 e. The fraction of sp³-hybridized carbons (Fsp3) is 0.579. The molecule has 1 saturated heterocycles. The Bertz CT molecular complexity index is 763. The molecule has 0 N–H and O–H groups in total. The monoisotopic (exact) mass is 361 g/mol. The number of anilines is 1. The summed E-state index contributed by atoms with van der Waals surface area (Å²) in [6, 6.07) is 6.20. The van der Waals surface area contributed by atoms with Gasteiger partial charge in [-0.15, -0.1) is 0 Å². The number of benzene rings is 1. The van der Waals surface area contributed by atoms with Gasteiger partial charge in [-0.25, -0.2) is 0 Å². The summed E-state index contributed by atoms with van der Waals surface area (Å²) in [6.45, 7) is 2.69. The average molecular weight is 362 g/mol. The standard InChI is InChI=1S/C19H24ClN3O2/c1-22(18(24)14-3-2-4-14)12-13-7-9-23(10-8-13)19-21-16-6-5-15(20)11-17(16)25-19/h5-6,11,13-14H,2-4,7-10,12H2,1H3. The summed E-state index contributed by atoms with van der Waals surface area (Å²) in [5.41, 5.74) is 1.57. The molecular formula is C19H24ClN3O2. The third kappa shape index (κ3) is 3.47. The van der Waals surface area contributed by atoms with Crippen molar-refractivity contribution < 1.29 is 9.21 Å². The van der Waals surface area contributed by atoms with Crippen LogP contribution in [0.5, 0.6) is 0 Å². The van der Waals surface area contributed by atoms with E-state index in [1.807, 2.05) is 24.1 Å². The molecule has 1 amide bonds. The van der Waals surface area contributed by atoms with Crippen molar-refractivity contribution in [2.24, 2.45) is 11.8 Å². The molecular weight excluding hydrogens is 338 g/mol. The van der Waals surface area contributed by atoms with Gasteiger partial charge >= 0.3 is 0 Å². The van der Waals surface area contributed by atoms with Crippen LogP contribution in [0.4, 0.5) is 6.01 Å². The van der Waals surface area contributed by atoms with Crippen LogP contribution >= 0.6 is 11.6 Å². The lowest BCUT2D eigenvalue weighted by molar-refractivity contribution is -0.137. The molecule has 1 aliphatic heterocycles. The fourth-order valence-corrected chi connectivity index (χ4v) is 3.93. The predicted molar refractivity (Wildman–Crippen MR) is 98.9 cm³/mol. The van der Waals surface area contributed by atoms with Gasteiger partial charge in [0.1, 0.15) is 5.52 Å². The van der Waals surface area contributed by atoms with Crippen LogP contribution in [0.1, 0.15) is 32.1 Å². The zero-order valence-electron chi connectivity index (χ0n) is 14.6. The molecule has 0 spiro atoms. The van der Waals surface area contributed by atoms with Crippen molar-refractivity contribution in [3.05, 3.63) is 23.2 Å². The number of halogens is 1. The number of nitrogens with zero attached hydrogens (tertiary/aromatic N) is 3. The average Bonchev–Trinajstić information content (AvgIpc) is 2.96. The minimum absolute atomic E-state index is 0.289. The van der Waals surface area contributed by atoms with Crippen LogP contribution in [0.3, 0.4) is 0 Å². The molecule has 0 atom stereocenters. The van der Waals surface area contributed by atoms with E-state index in [0.29, 0.717) is 22.9 Å². The smallest absolute Gasteiger partial charge is 0.298 e. The van der Waals surface area contributed by atoms with E-state index < -0.39 is 0 Å². The van der Waals surface area contributed by atoms with Gasteiger partial charge in [-0.1, -0.05) is 18.0 Å². The van der Waals surface area contributed by atoms with E-state index >= 15 is 0 Å². The van der Waals surface area contributed by atoms with Crippen molar-refractivity contribution in [2.75, 3.05) is 31.6 Å². The number of carbonyl (C=O) groups is 1. The second-order valence-corrected chi connectivity index (χ2v) is 7.82. The number of piperidine rings is 1. The maximum Gasteiger partial charge on any atom is 0.298 e. The third-order valence-corrected chi connectivity index (χ3v) is 5.82. The van der Waals surface area contributed by atoms with E-state index in [1.165, 1.54) is 6.42 Å². The van der Waals surface area contributed by atoms with Crippen LogP contribution < -0.4 is 4.90 Å². The topological polar surface area (TPSA) is 49.6 Å². The Balaban J connectivity index is 1.33. The quantitative estimate of drug-likeness (QED) is 0.827. The number of rotatable bonds is 4. The number of oxazole rings is 1. The Morgan fingerprint density at radius 3 is 2.76 bits per heavy atom. The van der Waals surface area contributed by atoms with Gasteiger partial charge in [0.15, 0.2) is 5.58 Å². The van der Waals surface area contributed by atoms with Gasteiger partial charge in [-0.2, -0.15) is 4.98 Å². The number of hydrogen-bond donors (Lipinski definition) is 0. The van der Waals surface area contributed by atoms with Crippen LogP contribution in [0.15, 0.2) is 22.6 Å². The maximum atomic E-state index is 12.3. The number of aromatic nitrogens is 1. The van der Waals surface area contributed by atoms with Crippen LogP contribution in [0.2, 0.25) is 5.02 Å². The van der Waals surface area contributed by atoms with Crippen molar-refractivity contribution in [3.8, 4) is 0 Å². The molecule has 6 heteroatoms. The lowest BCUT2D eigenvalue weighted by Crippen LogP contribution is -2.42. The molecule has 25 heavy (non-hydrogen) atoms. The van der Waals surface area contributed by atoms with Crippen LogP contribution in [-0.4, -0.2) is 42.5 Å². The molecule has 1 aliphatic carbocycles. The Morgan fingerprint density at radius 2 is 2.08 bits per heavy atom. The van der Waals surface area contributed by atoms with Crippen LogP contribution in [-0.2, 0) is 4.79 Å². The fourth-order valence-electron chi connectivity index (χ4n) is 3.77. The molecule has 1 saturated carbocycles. The van der Waals surface area contributed by atoms with Gasteiger partial charge in [0, 0.05) is 43.7 Å². The summed E-state index contributed by atoms with van der Waals surface area (Å²) in [7, 11) is 1.96. The van der Waals surface area contributed by atoms with Gasteiger partial charge in [0.25, 0.3) is 6.01 Å². The van der Waals surface area contributed by atoms with Crippen LogP contribution in [0.25, 0.3) is 11.1 Å². The molecule has 0 unspecified atom stereocenters. The summed E-state index contributed by atoms with van der Waals surface area (Å²) in [5, 5.41) is 0.660. The Kier molecular flexibility index (Phi) is 4.59. The molecule has 1 aromatic heterocycles. The van der Waals surface area contributed by atoms with Gasteiger partial charge in [0.05, 0.1) is 0 Å². The van der Waals surface area contributed by atoms with Crippen molar-refractivity contribution in [2.45, 2.75) is 32.1 Å². The summed E-state index contributed by atoms with van der Waals surface area (Å²) in [6.07, 6.45) is 5.47. The number of carbonyl (C=O) groups excluding carboxylic acids is 1.